The maximum absolute atomic E-state index is 14.1. The molecule has 212 valence electrons. The number of ether oxygens (including phenoxy) is 1. The Hall–Kier alpha value is -3.09. The fourth-order valence-electron chi connectivity index (χ4n) is 5.10. The van der Waals surface area contributed by atoms with Crippen molar-refractivity contribution in [3.8, 4) is 5.82 Å². The van der Waals surface area contributed by atoms with E-state index in [4.69, 9.17) is 14.7 Å². The fraction of sp³-hybridized carbons (Fsp3) is 0.538. The molecule has 1 amide bonds. The highest BCUT2D eigenvalue weighted by Gasteiger charge is 2.26. The Bertz CT molecular complexity index is 1260. The molecule has 0 radical (unpaired) electrons. The van der Waals surface area contributed by atoms with E-state index in [0.717, 1.165) is 25.7 Å². The molecule has 0 unspecified atom stereocenters. The number of carbonyl (C=O) groups is 1. The average Bonchev–Trinajstić information content (AvgIpc) is 3.30. The molecular formula is C26H35ClF2N8O2. The molecule has 2 fully saturated rings. The number of aromatic nitrogens is 4. The lowest BCUT2D eigenvalue weighted by Gasteiger charge is -2.31. The van der Waals surface area contributed by atoms with E-state index in [-0.39, 0.29) is 36.2 Å². The van der Waals surface area contributed by atoms with Crippen LogP contribution in [0.3, 0.4) is 0 Å². The Balaban J connectivity index is 0.00000353. The first-order valence-electron chi connectivity index (χ1n) is 13.1. The zero-order valence-corrected chi connectivity index (χ0v) is 23.0. The molecule has 0 bridgehead atoms. The maximum atomic E-state index is 14.1. The van der Waals surface area contributed by atoms with Crippen molar-refractivity contribution in [2.24, 2.45) is 0 Å². The molecule has 13 heteroatoms. The first-order valence-corrected chi connectivity index (χ1v) is 13.1. The predicted molar refractivity (Wildman–Crippen MR) is 148 cm³/mol. The zero-order valence-electron chi connectivity index (χ0n) is 22.1. The van der Waals surface area contributed by atoms with E-state index in [1.807, 2.05) is 23.9 Å². The second-order valence-electron chi connectivity index (χ2n) is 10.1. The van der Waals surface area contributed by atoms with E-state index in [1.165, 1.54) is 4.57 Å². The highest BCUT2D eigenvalue weighted by molar-refractivity contribution is 5.85. The van der Waals surface area contributed by atoms with Crippen molar-refractivity contribution in [1.29, 1.82) is 0 Å². The number of fused-ring (bicyclic) bond motifs is 1. The number of amides is 1. The molecule has 2 N–H and O–H groups in total. The van der Waals surface area contributed by atoms with Crippen molar-refractivity contribution >= 4 is 41.1 Å². The molecular weight excluding hydrogens is 530 g/mol. The summed E-state index contributed by atoms with van der Waals surface area (Å²) in [6.45, 7) is 2.71. The predicted octanol–water partition coefficient (Wildman–Crippen LogP) is 3.41. The molecule has 0 spiro atoms. The minimum Gasteiger partial charge on any atom is -0.378 e. The Morgan fingerprint density at radius 1 is 1.08 bits per heavy atom. The highest BCUT2D eigenvalue weighted by atomic mass is 35.5. The lowest BCUT2D eigenvalue weighted by atomic mass is 9.91. The van der Waals surface area contributed by atoms with Crippen LogP contribution in [0.2, 0.25) is 0 Å². The summed E-state index contributed by atoms with van der Waals surface area (Å²) in [5.74, 6) is 1.07. The summed E-state index contributed by atoms with van der Waals surface area (Å²) in [5.41, 5.74) is 1.05. The third-order valence-electron chi connectivity index (χ3n) is 6.91. The van der Waals surface area contributed by atoms with Gasteiger partial charge in [0.25, 0.3) is 6.43 Å². The average molecular weight is 565 g/mol. The van der Waals surface area contributed by atoms with Gasteiger partial charge in [-0.25, -0.2) is 13.8 Å². The number of anilines is 2. The van der Waals surface area contributed by atoms with E-state index in [9.17, 15) is 13.6 Å². The number of nitrogens with zero attached hydrogens (tertiary/aromatic N) is 6. The van der Waals surface area contributed by atoms with Crippen LogP contribution in [0.25, 0.3) is 16.9 Å². The molecule has 3 aromatic rings. The number of benzene rings is 1. The molecule has 3 heterocycles. The number of carbonyl (C=O) groups excluding carboxylic acids is 1. The summed E-state index contributed by atoms with van der Waals surface area (Å²) >= 11 is 0. The van der Waals surface area contributed by atoms with Crippen LogP contribution in [0.15, 0.2) is 30.3 Å². The largest absolute Gasteiger partial charge is 0.378 e. The summed E-state index contributed by atoms with van der Waals surface area (Å²) in [6.07, 6.45) is 0.656. The van der Waals surface area contributed by atoms with E-state index in [1.54, 1.807) is 30.3 Å². The fourth-order valence-corrected chi connectivity index (χ4v) is 5.10. The summed E-state index contributed by atoms with van der Waals surface area (Å²) in [5, 5.41) is 6.63. The van der Waals surface area contributed by atoms with Gasteiger partial charge in [0.1, 0.15) is 11.6 Å². The number of morpholine rings is 1. The number of halogens is 3. The van der Waals surface area contributed by atoms with Gasteiger partial charge in [-0.05, 0) is 51.9 Å². The number of hydrogen-bond acceptors (Lipinski definition) is 8. The van der Waals surface area contributed by atoms with Crippen molar-refractivity contribution in [3.63, 3.8) is 0 Å². The summed E-state index contributed by atoms with van der Waals surface area (Å²) in [7, 11) is 3.75. The smallest absolute Gasteiger partial charge is 0.296 e. The van der Waals surface area contributed by atoms with E-state index >= 15 is 0 Å². The van der Waals surface area contributed by atoms with E-state index < -0.39 is 6.43 Å². The van der Waals surface area contributed by atoms with Gasteiger partial charge in [-0.1, -0.05) is 12.1 Å². The van der Waals surface area contributed by atoms with Crippen LogP contribution in [0.5, 0.6) is 0 Å². The third kappa shape index (κ3) is 6.92. The second kappa shape index (κ2) is 12.8. The molecule has 5 rings (SSSR count). The maximum Gasteiger partial charge on any atom is 0.296 e. The number of imidazole rings is 1. The number of para-hydroxylation sites is 2. The van der Waals surface area contributed by atoms with Crippen LogP contribution < -0.4 is 15.5 Å². The van der Waals surface area contributed by atoms with Crippen LogP contribution >= 0.6 is 12.4 Å². The van der Waals surface area contributed by atoms with Gasteiger partial charge in [-0.2, -0.15) is 9.97 Å². The Kier molecular flexibility index (Phi) is 9.52. The molecule has 1 saturated carbocycles. The van der Waals surface area contributed by atoms with Gasteiger partial charge < -0.3 is 25.2 Å². The van der Waals surface area contributed by atoms with Gasteiger partial charge in [0.05, 0.1) is 30.8 Å². The highest BCUT2D eigenvalue weighted by Crippen LogP contribution is 2.30. The lowest BCUT2D eigenvalue weighted by Crippen LogP contribution is -2.43. The SMILES string of the molecule is CN(C)CC(=O)N[C@H]1CC[C@H](Nc2cc(-n3c(C(F)F)nc4ccccc43)nc(N3CCOCC3)n2)CC1.Cl. The van der Waals surface area contributed by atoms with Gasteiger partial charge in [0, 0.05) is 31.2 Å². The Morgan fingerprint density at radius 3 is 2.46 bits per heavy atom. The normalized spacial score (nSPS) is 19.8. The minimum atomic E-state index is -2.77. The standard InChI is InChI=1S/C26H34F2N8O2.ClH/c1-34(2)16-23(37)30-18-9-7-17(8-10-18)29-21-15-22(33-26(32-21)35-11-13-38-14-12-35)36-20-6-4-3-5-19(20)31-25(36)24(27)28;/h3-6,15,17-18,24H,7-14,16H2,1-2H3,(H,30,37)(H,29,32,33);1H/t17-,18-;. The summed E-state index contributed by atoms with van der Waals surface area (Å²) in [6, 6.07) is 9.08. The van der Waals surface area contributed by atoms with Crippen molar-refractivity contribution in [2.45, 2.75) is 44.2 Å². The monoisotopic (exact) mass is 564 g/mol. The van der Waals surface area contributed by atoms with Crippen LogP contribution in [0.1, 0.15) is 37.9 Å². The molecule has 1 saturated heterocycles. The second-order valence-corrected chi connectivity index (χ2v) is 10.1. The lowest BCUT2D eigenvalue weighted by molar-refractivity contribution is -0.122. The van der Waals surface area contributed by atoms with Gasteiger partial charge >= 0.3 is 0 Å². The summed E-state index contributed by atoms with van der Waals surface area (Å²) < 4.78 is 35.1. The van der Waals surface area contributed by atoms with Crippen LogP contribution in [-0.4, -0.2) is 89.4 Å². The van der Waals surface area contributed by atoms with Crippen LogP contribution in [0, 0.1) is 0 Å². The van der Waals surface area contributed by atoms with Crippen LogP contribution in [0.4, 0.5) is 20.5 Å². The topological polar surface area (TPSA) is 100 Å². The molecule has 10 nitrogen and oxygen atoms in total. The van der Waals surface area contributed by atoms with Crippen molar-refractivity contribution in [2.75, 3.05) is 57.2 Å². The summed E-state index contributed by atoms with van der Waals surface area (Å²) in [4.78, 5) is 29.7. The molecule has 1 aliphatic heterocycles. The van der Waals surface area contributed by atoms with Gasteiger partial charge in [-0.3, -0.25) is 9.36 Å². The third-order valence-corrected chi connectivity index (χ3v) is 6.91. The molecule has 0 atom stereocenters. The van der Waals surface area contributed by atoms with Gasteiger partial charge in [-0.15, -0.1) is 12.4 Å². The van der Waals surface area contributed by atoms with E-state index in [2.05, 4.69) is 15.6 Å². The number of hydrogen-bond donors (Lipinski definition) is 2. The minimum absolute atomic E-state index is 0. The molecule has 39 heavy (non-hydrogen) atoms. The van der Waals surface area contributed by atoms with Crippen molar-refractivity contribution in [3.05, 3.63) is 36.2 Å². The number of nitrogens with one attached hydrogen (secondary N) is 2. The number of likely N-dealkylation sites (N-methyl/N-ethyl adjacent to an activating group) is 1. The number of rotatable bonds is 8. The molecule has 1 aromatic carbocycles. The first-order chi connectivity index (χ1) is 18.4. The van der Waals surface area contributed by atoms with Gasteiger partial charge in [0.2, 0.25) is 11.9 Å². The van der Waals surface area contributed by atoms with Crippen molar-refractivity contribution in [1.82, 2.24) is 29.7 Å². The van der Waals surface area contributed by atoms with E-state index in [0.29, 0.717) is 61.5 Å². The van der Waals surface area contributed by atoms with Crippen LogP contribution in [-0.2, 0) is 9.53 Å². The Labute approximate surface area is 232 Å². The molecule has 2 aliphatic rings. The van der Waals surface area contributed by atoms with Crippen molar-refractivity contribution < 1.29 is 18.3 Å². The van der Waals surface area contributed by atoms with Gasteiger partial charge in [0.15, 0.2) is 5.82 Å². The first kappa shape index (κ1) is 28.9. The number of alkyl halides is 2. The quantitative estimate of drug-likeness (QED) is 0.429. The molecule has 1 aliphatic carbocycles. The molecule has 2 aromatic heterocycles. The Morgan fingerprint density at radius 2 is 1.77 bits per heavy atom. The zero-order chi connectivity index (χ0) is 26.6.